The fourth-order valence-electron chi connectivity index (χ4n) is 1.42. The second kappa shape index (κ2) is 2.55. The van der Waals surface area contributed by atoms with Gasteiger partial charge in [0, 0.05) is 18.0 Å². The van der Waals surface area contributed by atoms with Gasteiger partial charge in [-0.1, -0.05) is 18.2 Å². The lowest BCUT2D eigenvalue weighted by Gasteiger charge is -2.02. The van der Waals surface area contributed by atoms with E-state index in [1.807, 2.05) is 18.2 Å². The molecule has 0 amide bonds. The maximum atomic E-state index is 5.57. The quantitative estimate of drug-likeness (QED) is 0.649. The van der Waals surface area contributed by atoms with Crippen LogP contribution in [0.3, 0.4) is 0 Å². The van der Waals surface area contributed by atoms with Crippen molar-refractivity contribution in [2.45, 2.75) is 5.92 Å². The summed E-state index contributed by atoms with van der Waals surface area (Å²) in [6.45, 7) is 1.42. The van der Waals surface area contributed by atoms with E-state index < -0.39 is 0 Å². The third-order valence-corrected chi connectivity index (χ3v) is 2.08. The molecule has 0 bridgehead atoms. The average molecular weight is 149 g/mol. The monoisotopic (exact) mass is 149 g/mol. The fraction of sp³-hybridized carbons (Fsp3) is 0.333. The summed E-state index contributed by atoms with van der Waals surface area (Å²) in [6.07, 6.45) is 0. The summed E-state index contributed by atoms with van der Waals surface area (Å²) in [5.74, 6) is 1.41. The van der Waals surface area contributed by atoms with Crippen LogP contribution in [0.15, 0.2) is 24.3 Å². The summed E-state index contributed by atoms with van der Waals surface area (Å²) in [7, 11) is 0. The highest BCUT2D eigenvalue weighted by molar-refractivity contribution is 5.39. The highest BCUT2D eigenvalue weighted by atomic mass is 16.5. The highest BCUT2D eigenvalue weighted by Crippen LogP contribution is 2.32. The zero-order chi connectivity index (χ0) is 7.68. The molecule has 2 N–H and O–H groups in total. The standard InChI is InChI=1S/C9H11NO/c10-5-7-6-11-9-4-2-1-3-8(7)9/h1-4,7H,5-6,10H2/t7-/m0/s1. The smallest absolute Gasteiger partial charge is 0.122 e. The van der Waals surface area contributed by atoms with Gasteiger partial charge in [-0.3, -0.25) is 0 Å². The maximum Gasteiger partial charge on any atom is 0.122 e. The van der Waals surface area contributed by atoms with Gasteiger partial charge in [-0.05, 0) is 6.07 Å². The van der Waals surface area contributed by atoms with E-state index in [2.05, 4.69) is 6.07 Å². The molecule has 1 aliphatic heterocycles. The van der Waals surface area contributed by atoms with E-state index in [9.17, 15) is 0 Å². The molecule has 2 nitrogen and oxygen atoms in total. The molecule has 58 valence electrons. The zero-order valence-electron chi connectivity index (χ0n) is 6.29. The second-order valence-corrected chi connectivity index (χ2v) is 2.78. The van der Waals surface area contributed by atoms with Crippen LogP contribution in [-0.2, 0) is 0 Å². The SMILES string of the molecule is NC[C@H]1COc2ccccc21. The third-order valence-electron chi connectivity index (χ3n) is 2.08. The minimum Gasteiger partial charge on any atom is -0.493 e. The van der Waals surface area contributed by atoms with Gasteiger partial charge in [-0.25, -0.2) is 0 Å². The van der Waals surface area contributed by atoms with Crippen molar-refractivity contribution in [3.05, 3.63) is 29.8 Å². The van der Waals surface area contributed by atoms with Crippen LogP contribution in [0, 0.1) is 0 Å². The summed E-state index contributed by atoms with van der Waals surface area (Å²) < 4.78 is 5.42. The van der Waals surface area contributed by atoms with Crippen molar-refractivity contribution in [2.75, 3.05) is 13.2 Å². The first-order valence-electron chi connectivity index (χ1n) is 3.83. The molecule has 1 aliphatic rings. The van der Waals surface area contributed by atoms with Crippen LogP contribution < -0.4 is 10.5 Å². The van der Waals surface area contributed by atoms with Crippen molar-refractivity contribution >= 4 is 0 Å². The Morgan fingerprint density at radius 1 is 1.45 bits per heavy atom. The normalized spacial score (nSPS) is 21.0. The molecule has 0 saturated heterocycles. The number of rotatable bonds is 1. The minimum absolute atomic E-state index is 0.409. The molecule has 0 saturated carbocycles. The Labute approximate surface area is 66.0 Å². The predicted molar refractivity (Wildman–Crippen MR) is 43.7 cm³/mol. The number of hydrogen-bond donors (Lipinski definition) is 1. The van der Waals surface area contributed by atoms with E-state index in [-0.39, 0.29) is 0 Å². The molecule has 1 aromatic carbocycles. The molecule has 1 atom stereocenters. The lowest BCUT2D eigenvalue weighted by atomic mass is 10.0. The van der Waals surface area contributed by atoms with E-state index in [0.29, 0.717) is 12.5 Å². The molecule has 1 heterocycles. The van der Waals surface area contributed by atoms with Gasteiger partial charge in [0.1, 0.15) is 5.75 Å². The molecule has 0 fully saturated rings. The van der Waals surface area contributed by atoms with E-state index in [0.717, 1.165) is 12.4 Å². The van der Waals surface area contributed by atoms with E-state index in [1.165, 1.54) is 5.56 Å². The summed E-state index contributed by atoms with van der Waals surface area (Å²) in [6, 6.07) is 8.08. The Hall–Kier alpha value is -1.02. The van der Waals surface area contributed by atoms with Crippen LogP contribution in [0.5, 0.6) is 5.75 Å². The van der Waals surface area contributed by atoms with Crippen molar-refractivity contribution in [3.8, 4) is 5.75 Å². The molecular formula is C9H11NO. The third kappa shape index (κ3) is 0.994. The molecule has 2 heteroatoms. The first-order valence-corrected chi connectivity index (χ1v) is 3.83. The Morgan fingerprint density at radius 3 is 3.09 bits per heavy atom. The Bertz CT molecular complexity index is 259. The van der Waals surface area contributed by atoms with Crippen molar-refractivity contribution in [1.29, 1.82) is 0 Å². The lowest BCUT2D eigenvalue weighted by molar-refractivity contribution is 0.333. The van der Waals surface area contributed by atoms with Crippen LogP contribution in [-0.4, -0.2) is 13.2 Å². The molecule has 1 aromatic rings. The van der Waals surface area contributed by atoms with Gasteiger partial charge < -0.3 is 10.5 Å². The van der Waals surface area contributed by atoms with Crippen molar-refractivity contribution < 1.29 is 4.74 Å². The summed E-state index contributed by atoms with van der Waals surface area (Å²) >= 11 is 0. The Morgan fingerprint density at radius 2 is 2.27 bits per heavy atom. The van der Waals surface area contributed by atoms with E-state index in [1.54, 1.807) is 0 Å². The largest absolute Gasteiger partial charge is 0.493 e. The number of para-hydroxylation sites is 1. The maximum absolute atomic E-state index is 5.57. The van der Waals surface area contributed by atoms with Crippen LogP contribution in [0.1, 0.15) is 11.5 Å². The molecular weight excluding hydrogens is 138 g/mol. The molecule has 0 aliphatic carbocycles. The number of benzene rings is 1. The zero-order valence-corrected chi connectivity index (χ0v) is 6.29. The minimum atomic E-state index is 0.409. The number of ether oxygens (including phenoxy) is 1. The summed E-state index contributed by atoms with van der Waals surface area (Å²) in [5, 5.41) is 0. The van der Waals surface area contributed by atoms with Crippen LogP contribution in [0.25, 0.3) is 0 Å². The summed E-state index contributed by atoms with van der Waals surface area (Å²) in [4.78, 5) is 0. The Balaban J connectivity index is 2.39. The molecule has 0 aromatic heterocycles. The van der Waals surface area contributed by atoms with Gasteiger partial charge in [0.15, 0.2) is 0 Å². The first-order chi connectivity index (χ1) is 5.42. The van der Waals surface area contributed by atoms with Crippen LogP contribution in [0.2, 0.25) is 0 Å². The van der Waals surface area contributed by atoms with Gasteiger partial charge in [0.05, 0.1) is 6.61 Å². The predicted octanol–water partition coefficient (Wildman–Crippen LogP) is 1.12. The molecule has 2 rings (SSSR count). The topological polar surface area (TPSA) is 35.2 Å². The number of fused-ring (bicyclic) bond motifs is 1. The first kappa shape index (κ1) is 6.68. The van der Waals surface area contributed by atoms with Crippen LogP contribution >= 0.6 is 0 Å². The average Bonchev–Trinajstić information content (AvgIpc) is 2.47. The molecule has 0 spiro atoms. The van der Waals surface area contributed by atoms with E-state index in [4.69, 9.17) is 10.5 Å². The van der Waals surface area contributed by atoms with Gasteiger partial charge in [0.2, 0.25) is 0 Å². The highest BCUT2D eigenvalue weighted by Gasteiger charge is 2.21. The molecule has 0 radical (unpaired) electrons. The number of hydrogen-bond acceptors (Lipinski definition) is 2. The van der Waals surface area contributed by atoms with Gasteiger partial charge in [0.25, 0.3) is 0 Å². The second-order valence-electron chi connectivity index (χ2n) is 2.78. The molecule has 11 heavy (non-hydrogen) atoms. The van der Waals surface area contributed by atoms with Crippen LogP contribution in [0.4, 0.5) is 0 Å². The number of nitrogens with two attached hydrogens (primary N) is 1. The Kier molecular flexibility index (Phi) is 1.55. The van der Waals surface area contributed by atoms with E-state index >= 15 is 0 Å². The molecule has 0 unspecified atom stereocenters. The van der Waals surface area contributed by atoms with Crippen molar-refractivity contribution in [2.24, 2.45) is 5.73 Å². The van der Waals surface area contributed by atoms with Gasteiger partial charge >= 0.3 is 0 Å². The van der Waals surface area contributed by atoms with Crippen molar-refractivity contribution in [1.82, 2.24) is 0 Å². The van der Waals surface area contributed by atoms with Gasteiger partial charge in [-0.2, -0.15) is 0 Å². The van der Waals surface area contributed by atoms with Crippen molar-refractivity contribution in [3.63, 3.8) is 0 Å². The lowest BCUT2D eigenvalue weighted by Crippen LogP contribution is -2.13. The fourth-order valence-corrected chi connectivity index (χ4v) is 1.42. The summed E-state index contributed by atoms with van der Waals surface area (Å²) in [5.41, 5.74) is 6.83. The van der Waals surface area contributed by atoms with Gasteiger partial charge in [-0.15, -0.1) is 0 Å².